The molecule has 0 bridgehead atoms. The van der Waals surface area contributed by atoms with Crippen molar-refractivity contribution in [1.29, 1.82) is 0 Å². The summed E-state index contributed by atoms with van der Waals surface area (Å²) in [7, 11) is -3.23. The van der Waals surface area contributed by atoms with E-state index in [1.807, 2.05) is 0 Å². The van der Waals surface area contributed by atoms with Crippen molar-refractivity contribution in [3.8, 4) is 0 Å². The average Bonchev–Trinajstić information content (AvgIpc) is 2.19. The van der Waals surface area contributed by atoms with E-state index in [0.29, 0.717) is 6.35 Å². The summed E-state index contributed by atoms with van der Waals surface area (Å²) in [6.45, 7) is 1.98. The van der Waals surface area contributed by atoms with E-state index < -0.39 is 7.37 Å². The molecule has 1 atom stereocenters. The first kappa shape index (κ1) is 10.4. The highest BCUT2D eigenvalue weighted by Crippen LogP contribution is 2.46. The van der Waals surface area contributed by atoms with Crippen molar-refractivity contribution in [2.45, 2.75) is 6.92 Å². The van der Waals surface area contributed by atoms with Gasteiger partial charge < -0.3 is 9.63 Å². The smallest absolute Gasteiger partial charge is 0.280 e. The molecule has 1 aromatic rings. The second-order valence-corrected chi connectivity index (χ2v) is 4.46. The summed E-state index contributed by atoms with van der Waals surface area (Å²) >= 11 is 0. The van der Waals surface area contributed by atoms with Gasteiger partial charge in [0.25, 0.3) is 7.37 Å². The second-order valence-electron chi connectivity index (χ2n) is 2.32. The maximum Gasteiger partial charge on any atom is 0.280 e. The zero-order valence-electron chi connectivity index (χ0n) is 7.25. The Morgan fingerprint density at radius 2 is 2.46 bits per heavy atom. The molecule has 0 aliphatic carbocycles. The third kappa shape index (κ3) is 2.37. The largest absolute Gasteiger partial charge is 0.379 e. The standard InChI is InChI=1S/C8H11NO3P/c1-2-12-13(11,7-10)8-5-3-4-6-9-8/h3-7,10H,2H2,1H3. The van der Waals surface area contributed by atoms with Crippen LogP contribution >= 0.6 is 7.37 Å². The first-order valence-electron chi connectivity index (χ1n) is 3.87. The predicted molar refractivity (Wildman–Crippen MR) is 49.3 cm³/mol. The summed E-state index contributed by atoms with van der Waals surface area (Å²) in [5, 5.41) is 8.82. The molecule has 0 spiro atoms. The minimum absolute atomic E-state index is 0.263. The highest BCUT2D eigenvalue weighted by Gasteiger charge is 2.26. The molecule has 0 aliphatic heterocycles. The zero-order valence-corrected chi connectivity index (χ0v) is 8.15. The lowest BCUT2D eigenvalue weighted by Crippen LogP contribution is -2.11. The second kappa shape index (κ2) is 4.51. The lowest BCUT2D eigenvalue weighted by atomic mass is 10.5. The lowest BCUT2D eigenvalue weighted by molar-refractivity contribution is 0.320. The Morgan fingerprint density at radius 3 is 2.92 bits per heavy atom. The van der Waals surface area contributed by atoms with Crippen molar-refractivity contribution >= 4 is 12.8 Å². The molecule has 1 rings (SSSR count). The molecule has 0 amide bonds. The third-order valence-corrected chi connectivity index (χ3v) is 3.29. The summed E-state index contributed by atoms with van der Waals surface area (Å²) in [4.78, 5) is 3.86. The Balaban J connectivity index is 2.96. The van der Waals surface area contributed by atoms with E-state index in [0.717, 1.165) is 0 Å². The molecule has 1 unspecified atom stereocenters. The van der Waals surface area contributed by atoms with Crippen LogP contribution in [0.4, 0.5) is 0 Å². The molecule has 0 fully saturated rings. The zero-order chi connectivity index (χ0) is 9.73. The van der Waals surface area contributed by atoms with Crippen molar-refractivity contribution < 1.29 is 14.2 Å². The summed E-state index contributed by atoms with van der Waals surface area (Å²) in [5.74, 6) is 0. The number of nitrogens with zero attached hydrogens (tertiary/aromatic N) is 1. The van der Waals surface area contributed by atoms with Crippen molar-refractivity contribution in [3.05, 3.63) is 30.7 Å². The fourth-order valence-electron chi connectivity index (χ4n) is 0.889. The molecule has 1 N–H and O–H groups in total. The summed E-state index contributed by atoms with van der Waals surface area (Å²) in [6.07, 6.45) is 2.09. The van der Waals surface area contributed by atoms with Crippen molar-refractivity contribution in [3.63, 3.8) is 0 Å². The van der Waals surface area contributed by atoms with Gasteiger partial charge in [0.05, 0.1) is 6.61 Å². The van der Waals surface area contributed by atoms with E-state index in [-0.39, 0.29) is 12.0 Å². The molecule has 0 saturated carbocycles. The topological polar surface area (TPSA) is 59.4 Å². The molecular weight excluding hydrogens is 189 g/mol. The first-order chi connectivity index (χ1) is 6.23. The van der Waals surface area contributed by atoms with Gasteiger partial charge in [-0.25, -0.2) is 0 Å². The van der Waals surface area contributed by atoms with Gasteiger partial charge in [-0.05, 0) is 19.1 Å². The molecule has 1 heterocycles. The monoisotopic (exact) mass is 200 g/mol. The van der Waals surface area contributed by atoms with E-state index in [4.69, 9.17) is 9.63 Å². The number of aromatic nitrogens is 1. The van der Waals surface area contributed by atoms with Crippen LogP contribution in [-0.2, 0) is 9.09 Å². The number of pyridine rings is 1. The molecule has 13 heavy (non-hydrogen) atoms. The van der Waals surface area contributed by atoms with E-state index in [1.165, 1.54) is 6.20 Å². The van der Waals surface area contributed by atoms with Gasteiger partial charge in [0.15, 0.2) is 6.35 Å². The quantitative estimate of drug-likeness (QED) is 0.748. The predicted octanol–water partition coefficient (Wildman–Crippen LogP) is 1.51. The molecule has 1 aromatic heterocycles. The van der Waals surface area contributed by atoms with Crippen molar-refractivity contribution in [2.75, 3.05) is 6.61 Å². The highest BCUT2D eigenvalue weighted by molar-refractivity contribution is 7.68. The van der Waals surface area contributed by atoms with Crippen LogP contribution in [0.2, 0.25) is 0 Å². The number of aliphatic hydroxyl groups excluding tert-OH is 1. The molecule has 1 radical (unpaired) electrons. The maximum atomic E-state index is 11.8. The van der Waals surface area contributed by atoms with Crippen LogP contribution in [-0.4, -0.2) is 16.7 Å². The normalized spacial score (nSPS) is 15.2. The Kier molecular flexibility index (Phi) is 3.60. The Hall–Kier alpha value is -0.700. The molecule has 0 saturated heterocycles. The minimum Gasteiger partial charge on any atom is -0.379 e. The minimum atomic E-state index is -3.23. The Morgan fingerprint density at radius 1 is 1.69 bits per heavy atom. The van der Waals surface area contributed by atoms with Gasteiger partial charge in [0.2, 0.25) is 0 Å². The molecule has 4 nitrogen and oxygen atoms in total. The van der Waals surface area contributed by atoms with Crippen LogP contribution in [0.25, 0.3) is 0 Å². The molecule has 0 aromatic carbocycles. The van der Waals surface area contributed by atoms with Crippen LogP contribution in [0.3, 0.4) is 0 Å². The van der Waals surface area contributed by atoms with Crippen LogP contribution in [0.15, 0.2) is 24.4 Å². The highest BCUT2D eigenvalue weighted by atomic mass is 31.2. The van der Waals surface area contributed by atoms with Crippen LogP contribution in [0, 0.1) is 6.35 Å². The van der Waals surface area contributed by atoms with Gasteiger partial charge in [0, 0.05) is 6.20 Å². The van der Waals surface area contributed by atoms with Gasteiger partial charge in [-0.3, -0.25) is 9.55 Å². The fourth-order valence-corrected chi connectivity index (χ4v) is 2.11. The number of rotatable bonds is 4. The van der Waals surface area contributed by atoms with Crippen molar-refractivity contribution in [1.82, 2.24) is 4.98 Å². The molecule has 5 heteroatoms. The summed E-state index contributed by atoms with van der Waals surface area (Å²) in [6, 6.07) is 4.96. The van der Waals surface area contributed by atoms with Crippen molar-refractivity contribution in [2.24, 2.45) is 0 Å². The number of hydrogen-bond acceptors (Lipinski definition) is 4. The van der Waals surface area contributed by atoms with Gasteiger partial charge in [-0.1, -0.05) is 6.07 Å². The van der Waals surface area contributed by atoms with Crippen LogP contribution < -0.4 is 5.44 Å². The number of aliphatic hydroxyl groups is 1. The van der Waals surface area contributed by atoms with E-state index in [2.05, 4.69) is 4.98 Å². The van der Waals surface area contributed by atoms with Crippen LogP contribution in [0.5, 0.6) is 0 Å². The lowest BCUT2D eigenvalue weighted by Gasteiger charge is -2.12. The third-order valence-electron chi connectivity index (χ3n) is 1.44. The average molecular weight is 200 g/mol. The van der Waals surface area contributed by atoms with E-state index in [9.17, 15) is 4.57 Å². The fraction of sp³-hybridized carbons (Fsp3) is 0.250. The van der Waals surface area contributed by atoms with Gasteiger partial charge in [-0.2, -0.15) is 0 Å². The summed E-state index contributed by atoms with van der Waals surface area (Å²) < 4.78 is 16.7. The first-order valence-corrected chi connectivity index (χ1v) is 5.57. The van der Waals surface area contributed by atoms with Gasteiger partial charge in [0.1, 0.15) is 5.44 Å². The maximum absolute atomic E-state index is 11.8. The van der Waals surface area contributed by atoms with E-state index in [1.54, 1.807) is 25.1 Å². The molecule has 71 valence electrons. The van der Waals surface area contributed by atoms with Crippen LogP contribution in [0.1, 0.15) is 6.92 Å². The molecule has 0 aliphatic rings. The Bertz CT molecular complexity index is 302. The molecular formula is C8H11NO3P. The number of hydrogen-bond donors (Lipinski definition) is 1. The SMILES string of the molecule is CCOP(=O)([CH]O)c1ccccn1. The van der Waals surface area contributed by atoms with Gasteiger partial charge >= 0.3 is 0 Å². The van der Waals surface area contributed by atoms with E-state index >= 15 is 0 Å². The Labute approximate surface area is 77.0 Å². The van der Waals surface area contributed by atoms with Gasteiger partial charge in [-0.15, -0.1) is 0 Å². The summed E-state index contributed by atoms with van der Waals surface area (Å²) in [5.41, 5.74) is 0.263.